The van der Waals surface area contributed by atoms with Crippen molar-refractivity contribution in [1.29, 1.82) is 0 Å². The molecule has 1 fully saturated rings. The molecule has 2 aromatic rings. The molecule has 8 heteroatoms. The Morgan fingerprint density at radius 3 is 2.48 bits per heavy atom. The third kappa shape index (κ3) is 5.13. The quantitative estimate of drug-likeness (QED) is 0.736. The highest BCUT2D eigenvalue weighted by Gasteiger charge is 2.28. The molecule has 1 aliphatic heterocycles. The van der Waals surface area contributed by atoms with Crippen LogP contribution in [0.15, 0.2) is 30.3 Å². The van der Waals surface area contributed by atoms with Gasteiger partial charge in [0.2, 0.25) is 5.91 Å². The highest BCUT2D eigenvalue weighted by atomic mass is 32.2. The number of sulfone groups is 1. The Kier molecular flexibility index (Phi) is 6.26. The molecular weight excluding hydrogens is 382 g/mol. The first-order valence-corrected chi connectivity index (χ1v) is 11.8. The summed E-state index contributed by atoms with van der Waals surface area (Å²) in [6, 6.07) is 9.80. The lowest BCUT2D eigenvalue weighted by Crippen LogP contribution is -2.41. The summed E-state index contributed by atoms with van der Waals surface area (Å²) in [6.07, 6.45) is 1.73. The second-order valence-electron chi connectivity index (χ2n) is 7.25. The zero-order valence-corrected chi connectivity index (χ0v) is 17.3. The average molecular weight is 408 g/mol. The highest BCUT2D eigenvalue weighted by Crippen LogP contribution is 2.25. The summed E-state index contributed by atoms with van der Waals surface area (Å²) in [5, 5.41) is 9.52. The Morgan fingerprint density at radius 1 is 1.19 bits per heavy atom. The lowest BCUT2D eigenvalue weighted by Gasteiger charge is -2.32. The number of carbonyl (C=O) groups excluding carboxylic acids is 1. The molecule has 0 N–H and O–H groups in total. The summed E-state index contributed by atoms with van der Waals surface area (Å²) in [7, 11) is -3.03. The van der Waals surface area contributed by atoms with E-state index in [-0.39, 0.29) is 29.2 Å². The first-order valence-electron chi connectivity index (χ1n) is 9.22. The number of likely N-dealkylation sites (tertiary alicyclic amines) is 1. The van der Waals surface area contributed by atoms with Crippen LogP contribution in [-0.4, -0.2) is 53.5 Å². The fourth-order valence-electron chi connectivity index (χ4n) is 3.13. The molecule has 3 rings (SSSR count). The van der Waals surface area contributed by atoms with Crippen molar-refractivity contribution in [2.75, 3.05) is 18.8 Å². The van der Waals surface area contributed by atoms with Crippen LogP contribution in [0.5, 0.6) is 0 Å². The van der Waals surface area contributed by atoms with Crippen molar-refractivity contribution in [2.45, 2.75) is 38.4 Å². The Labute approximate surface area is 164 Å². The standard InChI is InChI=1S/C19H25N3O3S2/c1-14(2)27(24,25)13-15-8-10-22(11-9-15)18(23)12-17-20-21-19(26-17)16-6-4-3-5-7-16/h3-7,14-15H,8-13H2,1-2H3. The summed E-state index contributed by atoms with van der Waals surface area (Å²) >= 11 is 1.44. The molecule has 1 aliphatic rings. The van der Waals surface area contributed by atoms with E-state index in [1.807, 2.05) is 35.2 Å². The van der Waals surface area contributed by atoms with E-state index >= 15 is 0 Å². The van der Waals surface area contributed by atoms with Crippen molar-refractivity contribution in [2.24, 2.45) is 5.92 Å². The summed E-state index contributed by atoms with van der Waals surface area (Å²) < 4.78 is 24.2. The van der Waals surface area contributed by atoms with Gasteiger partial charge in [0, 0.05) is 18.7 Å². The molecular formula is C19H25N3O3S2. The van der Waals surface area contributed by atoms with Crippen molar-refractivity contribution >= 4 is 27.1 Å². The third-order valence-corrected chi connectivity index (χ3v) is 8.29. The van der Waals surface area contributed by atoms with Gasteiger partial charge in [-0.15, -0.1) is 10.2 Å². The molecule has 0 atom stereocenters. The molecule has 1 aromatic carbocycles. The van der Waals surface area contributed by atoms with Crippen molar-refractivity contribution < 1.29 is 13.2 Å². The number of rotatable bonds is 6. The van der Waals surface area contributed by atoms with E-state index < -0.39 is 9.84 Å². The summed E-state index contributed by atoms with van der Waals surface area (Å²) in [5.74, 6) is 0.410. The van der Waals surface area contributed by atoms with Gasteiger partial charge in [0.25, 0.3) is 0 Å². The van der Waals surface area contributed by atoms with Crippen LogP contribution in [0.25, 0.3) is 10.6 Å². The maximum Gasteiger partial charge on any atom is 0.229 e. The predicted octanol–water partition coefficient (Wildman–Crippen LogP) is 2.81. The van der Waals surface area contributed by atoms with Crippen LogP contribution in [-0.2, 0) is 21.1 Å². The highest BCUT2D eigenvalue weighted by molar-refractivity contribution is 7.91. The SMILES string of the molecule is CC(C)S(=O)(=O)CC1CCN(C(=O)Cc2nnc(-c3ccccc3)s2)CC1. The molecule has 0 aliphatic carbocycles. The van der Waals surface area contributed by atoms with Crippen molar-refractivity contribution in [3.63, 3.8) is 0 Å². The molecule has 146 valence electrons. The second kappa shape index (κ2) is 8.48. The molecule has 1 aromatic heterocycles. The zero-order valence-electron chi connectivity index (χ0n) is 15.7. The molecule has 1 saturated heterocycles. The second-order valence-corrected chi connectivity index (χ2v) is 10.9. The van der Waals surface area contributed by atoms with Gasteiger partial charge in [0.1, 0.15) is 10.0 Å². The van der Waals surface area contributed by atoms with Crippen LogP contribution >= 0.6 is 11.3 Å². The van der Waals surface area contributed by atoms with Crippen LogP contribution in [0.1, 0.15) is 31.7 Å². The van der Waals surface area contributed by atoms with Gasteiger partial charge in [0.15, 0.2) is 9.84 Å². The lowest BCUT2D eigenvalue weighted by atomic mass is 9.99. The normalized spacial score (nSPS) is 16.0. The van der Waals surface area contributed by atoms with Crippen molar-refractivity contribution in [1.82, 2.24) is 15.1 Å². The number of aromatic nitrogens is 2. The number of nitrogens with zero attached hydrogens (tertiary/aromatic N) is 3. The number of carbonyl (C=O) groups is 1. The van der Waals surface area contributed by atoms with Gasteiger partial charge < -0.3 is 4.90 Å². The van der Waals surface area contributed by atoms with Gasteiger partial charge in [-0.1, -0.05) is 41.7 Å². The summed E-state index contributed by atoms with van der Waals surface area (Å²) in [4.78, 5) is 14.4. The first-order chi connectivity index (χ1) is 12.8. The first kappa shape index (κ1) is 19.9. The van der Waals surface area contributed by atoms with Gasteiger partial charge >= 0.3 is 0 Å². The summed E-state index contributed by atoms with van der Waals surface area (Å²) in [6.45, 7) is 4.67. The monoisotopic (exact) mass is 407 g/mol. The number of benzene rings is 1. The predicted molar refractivity (Wildman–Crippen MR) is 107 cm³/mol. The minimum atomic E-state index is -3.03. The van der Waals surface area contributed by atoms with Gasteiger partial charge in [0.05, 0.1) is 17.4 Å². The van der Waals surface area contributed by atoms with E-state index in [1.54, 1.807) is 13.8 Å². The number of piperidine rings is 1. The molecule has 27 heavy (non-hydrogen) atoms. The van der Waals surface area contributed by atoms with Crippen molar-refractivity contribution in [3.05, 3.63) is 35.3 Å². The molecule has 6 nitrogen and oxygen atoms in total. The van der Waals surface area contributed by atoms with Gasteiger partial charge in [-0.2, -0.15) is 0 Å². The Bertz CT molecular complexity index is 871. The zero-order chi connectivity index (χ0) is 19.4. The molecule has 0 saturated carbocycles. The van der Waals surface area contributed by atoms with Crippen LogP contribution in [0, 0.1) is 5.92 Å². The largest absolute Gasteiger partial charge is 0.342 e. The van der Waals surface area contributed by atoms with Gasteiger partial charge in [-0.3, -0.25) is 4.79 Å². The Hall–Kier alpha value is -1.80. The molecule has 0 unspecified atom stereocenters. The van der Waals surface area contributed by atoms with Gasteiger partial charge in [-0.05, 0) is 32.6 Å². The lowest BCUT2D eigenvalue weighted by molar-refractivity contribution is -0.131. The van der Waals surface area contributed by atoms with Crippen LogP contribution in [0.4, 0.5) is 0 Å². The number of hydrogen-bond donors (Lipinski definition) is 0. The Balaban J connectivity index is 1.52. The summed E-state index contributed by atoms with van der Waals surface area (Å²) in [5.41, 5.74) is 1.00. The number of hydrogen-bond acceptors (Lipinski definition) is 6. The van der Waals surface area contributed by atoms with E-state index in [2.05, 4.69) is 10.2 Å². The minimum Gasteiger partial charge on any atom is -0.342 e. The topological polar surface area (TPSA) is 80.2 Å². The fourth-order valence-corrected chi connectivity index (χ4v) is 5.34. The van der Waals surface area contributed by atoms with Crippen molar-refractivity contribution in [3.8, 4) is 10.6 Å². The van der Waals surface area contributed by atoms with E-state index in [9.17, 15) is 13.2 Å². The molecule has 2 heterocycles. The van der Waals surface area contributed by atoms with Crippen LogP contribution in [0.3, 0.4) is 0 Å². The molecule has 1 amide bonds. The molecule has 0 spiro atoms. The minimum absolute atomic E-state index is 0.0379. The maximum absolute atomic E-state index is 12.6. The van der Waals surface area contributed by atoms with E-state index in [0.29, 0.717) is 18.1 Å². The smallest absolute Gasteiger partial charge is 0.229 e. The van der Waals surface area contributed by atoms with E-state index in [4.69, 9.17) is 0 Å². The maximum atomic E-state index is 12.6. The van der Waals surface area contributed by atoms with Gasteiger partial charge in [-0.25, -0.2) is 8.42 Å². The fraction of sp³-hybridized carbons (Fsp3) is 0.526. The van der Waals surface area contributed by atoms with E-state index in [0.717, 1.165) is 23.4 Å². The number of amides is 1. The Morgan fingerprint density at radius 2 is 1.85 bits per heavy atom. The molecule has 0 radical (unpaired) electrons. The van der Waals surface area contributed by atoms with Crippen LogP contribution < -0.4 is 0 Å². The van der Waals surface area contributed by atoms with Crippen LogP contribution in [0.2, 0.25) is 0 Å². The third-order valence-electron chi connectivity index (χ3n) is 4.94. The molecule has 0 bridgehead atoms. The van der Waals surface area contributed by atoms with E-state index in [1.165, 1.54) is 11.3 Å². The average Bonchev–Trinajstić information content (AvgIpc) is 3.11.